The average molecular weight is 554 g/mol. The molecule has 208 valence electrons. The van der Waals surface area contributed by atoms with Crippen molar-refractivity contribution in [1.29, 1.82) is 0 Å². The van der Waals surface area contributed by atoms with Crippen LogP contribution in [0.25, 0.3) is 0 Å². The van der Waals surface area contributed by atoms with E-state index in [1.165, 1.54) is 37.3 Å². The van der Waals surface area contributed by atoms with Crippen LogP contribution in [0.2, 0.25) is 0 Å². The van der Waals surface area contributed by atoms with E-state index in [1.54, 1.807) is 37.3 Å². The number of benzene rings is 3. The van der Waals surface area contributed by atoms with Gasteiger partial charge in [0.1, 0.15) is 12.6 Å². The van der Waals surface area contributed by atoms with E-state index in [0.717, 1.165) is 9.87 Å². The van der Waals surface area contributed by atoms with E-state index in [-0.39, 0.29) is 29.1 Å². The average Bonchev–Trinajstić information content (AvgIpc) is 2.94. The second-order valence-corrected chi connectivity index (χ2v) is 11.1. The van der Waals surface area contributed by atoms with Gasteiger partial charge in [0.05, 0.1) is 24.8 Å². The summed E-state index contributed by atoms with van der Waals surface area (Å²) in [6, 6.07) is 20.7. The summed E-state index contributed by atoms with van der Waals surface area (Å²) in [6.45, 7) is 4.87. The van der Waals surface area contributed by atoms with Gasteiger partial charge in [-0.1, -0.05) is 48.5 Å². The van der Waals surface area contributed by atoms with E-state index < -0.39 is 28.5 Å². The van der Waals surface area contributed by atoms with Gasteiger partial charge in [0.15, 0.2) is 11.5 Å². The summed E-state index contributed by atoms with van der Waals surface area (Å²) in [6.07, 6.45) is 0. The molecule has 0 spiro atoms. The predicted octanol–water partition coefficient (Wildman–Crippen LogP) is 3.84. The van der Waals surface area contributed by atoms with Crippen molar-refractivity contribution in [2.45, 2.75) is 44.3 Å². The number of amides is 2. The van der Waals surface area contributed by atoms with Crippen molar-refractivity contribution >= 4 is 27.5 Å². The lowest BCUT2D eigenvalue weighted by Crippen LogP contribution is -2.52. The van der Waals surface area contributed by atoms with Gasteiger partial charge in [-0.05, 0) is 50.6 Å². The summed E-state index contributed by atoms with van der Waals surface area (Å²) in [5.41, 5.74) is 1.02. The van der Waals surface area contributed by atoms with Crippen LogP contribution in [0.1, 0.15) is 26.3 Å². The highest BCUT2D eigenvalue weighted by atomic mass is 32.2. The van der Waals surface area contributed by atoms with Gasteiger partial charge in [0.25, 0.3) is 10.0 Å². The molecule has 3 rings (SSSR count). The van der Waals surface area contributed by atoms with Gasteiger partial charge in [0.2, 0.25) is 11.8 Å². The topological polar surface area (TPSA) is 105 Å². The third-order valence-corrected chi connectivity index (χ3v) is 7.85. The summed E-state index contributed by atoms with van der Waals surface area (Å²) in [4.78, 5) is 28.3. The van der Waals surface area contributed by atoms with Gasteiger partial charge in [-0.15, -0.1) is 0 Å². The van der Waals surface area contributed by atoms with Gasteiger partial charge in [-0.2, -0.15) is 0 Å². The largest absolute Gasteiger partial charge is 0.493 e. The van der Waals surface area contributed by atoms with Gasteiger partial charge in [-0.3, -0.25) is 13.9 Å². The first kappa shape index (κ1) is 29.5. The second kappa shape index (κ2) is 13.1. The molecule has 0 bridgehead atoms. The Hall–Kier alpha value is -4.05. The summed E-state index contributed by atoms with van der Waals surface area (Å²) < 4.78 is 39.4. The number of sulfonamides is 1. The van der Waals surface area contributed by atoms with Gasteiger partial charge < -0.3 is 19.7 Å². The van der Waals surface area contributed by atoms with Crippen molar-refractivity contribution in [3.05, 3.63) is 84.4 Å². The monoisotopic (exact) mass is 553 g/mol. The Balaban J connectivity index is 2.06. The summed E-state index contributed by atoms with van der Waals surface area (Å²) in [5, 5.41) is 2.84. The summed E-state index contributed by atoms with van der Waals surface area (Å²) in [7, 11) is -1.26. The highest BCUT2D eigenvalue weighted by Gasteiger charge is 2.33. The molecule has 0 saturated carbocycles. The van der Waals surface area contributed by atoms with Crippen molar-refractivity contribution in [3.63, 3.8) is 0 Å². The third-order valence-electron chi connectivity index (χ3n) is 6.06. The second-order valence-electron chi connectivity index (χ2n) is 9.21. The number of hydrogen-bond acceptors (Lipinski definition) is 6. The van der Waals surface area contributed by atoms with E-state index in [9.17, 15) is 18.0 Å². The highest BCUT2D eigenvalue weighted by Crippen LogP contribution is 2.34. The van der Waals surface area contributed by atoms with Crippen molar-refractivity contribution in [2.24, 2.45) is 0 Å². The van der Waals surface area contributed by atoms with Gasteiger partial charge in [0, 0.05) is 18.7 Å². The van der Waals surface area contributed by atoms with E-state index in [4.69, 9.17) is 9.47 Å². The van der Waals surface area contributed by atoms with Gasteiger partial charge in [-0.25, -0.2) is 8.42 Å². The number of methoxy groups -OCH3 is 2. The molecule has 0 radical (unpaired) electrons. The van der Waals surface area contributed by atoms with Crippen molar-refractivity contribution in [2.75, 3.05) is 25.1 Å². The summed E-state index contributed by atoms with van der Waals surface area (Å²) >= 11 is 0. The molecule has 3 aromatic rings. The molecule has 10 heteroatoms. The van der Waals surface area contributed by atoms with E-state index >= 15 is 0 Å². The van der Waals surface area contributed by atoms with Crippen LogP contribution in [0.4, 0.5) is 5.69 Å². The minimum Gasteiger partial charge on any atom is -0.493 e. The quantitative estimate of drug-likeness (QED) is 0.365. The van der Waals surface area contributed by atoms with E-state index in [2.05, 4.69) is 5.32 Å². The zero-order valence-electron chi connectivity index (χ0n) is 22.8. The fraction of sp³-hybridized carbons (Fsp3) is 0.310. The zero-order valence-corrected chi connectivity index (χ0v) is 23.6. The normalized spacial score (nSPS) is 11.9. The molecule has 2 amide bonds. The first-order chi connectivity index (χ1) is 18.6. The van der Waals surface area contributed by atoms with Crippen LogP contribution in [-0.4, -0.2) is 58.0 Å². The van der Waals surface area contributed by atoms with Crippen LogP contribution < -0.4 is 19.1 Å². The number of carbonyl (C=O) groups excluding carboxylic acids is 2. The Morgan fingerprint density at radius 2 is 1.44 bits per heavy atom. The molecular weight excluding hydrogens is 518 g/mol. The molecule has 0 aliphatic heterocycles. The standard InChI is InChI=1S/C29H35N3O6S/c1-21(2)30-29(34)22(3)31(19-23-12-8-6-9-13-23)28(33)20-32(39(35,36)25-14-10-7-11-15-25)24-16-17-26(37-4)27(18-24)38-5/h6-18,21-22H,19-20H2,1-5H3,(H,30,34)/t22-/m1/s1. The minimum atomic E-state index is -4.18. The minimum absolute atomic E-state index is 0.0211. The first-order valence-corrected chi connectivity index (χ1v) is 14.0. The number of carbonyl (C=O) groups is 2. The number of ether oxygens (including phenoxy) is 2. The highest BCUT2D eigenvalue weighted by molar-refractivity contribution is 7.92. The molecule has 39 heavy (non-hydrogen) atoms. The Morgan fingerprint density at radius 1 is 0.846 bits per heavy atom. The molecule has 3 aromatic carbocycles. The Bertz CT molecular complexity index is 1360. The lowest BCUT2D eigenvalue weighted by molar-refractivity contribution is -0.139. The van der Waals surface area contributed by atoms with Gasteiger partial charge >= 0.3 is 0 Å². The maximum absolute atomic E-state index is 13.9. The lowest BCUT2D eigenvalue weighted by atomic mass is 10.1. The van der Waals surface area contributed by atoms with Crippen molar-refractivity contribution in [3.8, 4) is 11.5 Å². The molecule has 1 N–H and O–H groups in total. The Labute approximate surface area is 230 Å². The number of nitrogens with one attached hydrogen (secondary N) is 1. The maximum atomic E-state index is 13.9. The van der Waals surface area contributed by atoms with Crippen LogP contribution in [0.3, 0.4) is 0 Å². The van der Waals surface area contributed by atoms with Crippen molar-refractivity contribution < 1.29 is 27.5 Å². The zero-order chi connectivity index (χ0) is 28.6. The molecular formula is C29H35N3O6S. The predicted molar refractivity (Wildman–Crippen MR) is 150 cm³/mol. The van der Waals surface area contributed by atoms with Crippen LogP contribution >= 0.6 is 0 Å². The van der Waals surface area contributed by atoms with Crippen LogP contribution in [-0.2, 0) is 26.2 Å². The molecule has 0 aromatic heterocycles. The van der Waals surface area contributed by atoms with Crippen LogP contribution in [0, 0.1) is 0 Å². The first-order valence-electron chi connectivity index (χ1n) is 12.5. The summed E-state index contributed by atoms with van der Waals surface area (Å²) in [5.74, 6) is -0.159. The van der Waals surface area contributed by atoms with E-state index in [1.807, 2.05) is 44.2 Å². The molecule has 0 aliphatic carbocycles. The van der Waals surface area contributed by atoms with Crippen molar-refractivity contribution in [1.82, 2.24) is 10.2 Å². The number of rotatable bonds is 12. The molecule has 9 nitrogen and oxygen atoms in total. The Morgan fingerprint density at radius 3 is 2.00 bits per heavy atom. The SMILES string of the molecule is COc1ccc(N(CC(=O)N(Cc2ccccc2)[C@H](C)C(=O)NC(C)C)S(=O)(=O)c2ccccc2)cc1OC. The lowest BCUT2D eigenvalue weighted by Gasteiger charge is -2.32. The Kier molecular flexibility index (Phi) is 9.95. The molecule has 0 fully saturated rings. The molecule has 1 atom stereocenters. The fourth-order valence-corrected chi connectivity index (χ4v) is 5.42. The molecule has 0 saturated heterocycles. The fourth-order valence-electron chi connectivity index (χ4n) is 4.00. The number of anilines is 1. The van der Waals surface area contributed by atoms with Crippen LogP contribution in [0.5, 0.6) is 11.5 Å². The van der Waals surface area contributed by atoms with E-state index in [0.29, 0.717) is 11.5 Å². The number of hydrogen-bond donors (Lipinski definition) is 1. The molecule has 0 heterocycles. The maximum Gasteiger partial charge on any atom is 0.264 e. The smallest absolute Gasteiger partial charge is 0.264 e. The molecule has 0 aliphatic rings. The van der Waals surface area contributed by atoms with Crippen LogP contribution in [0.15, 0.2) is 83.8 Å². The third kappa shape index (κ3) is 7.29. The number of nitrogens with zero attached hydrogens (tertiary/aromatic N) is 2. The molecule has 0 unspecified atom stereocenters.